The molecule has 0 amide bonds. The number of rotatable bonds is 6. The van der Waals surface area contributed by atoms with Crippen LogP contribution < -0.4 is 4.90 Å². The largest absolute Gasteiger partial charge is 0.353 e. The van der Waals surface area contributed by atoms with Crippen LogP contribution in [-0.4, -0.2) is 72.1 Å². The van der Waals surface area contributed by atoms with E-state index in [9.17, 15) is 0 Å². The maximum Gasteiger partial charge on any atom is 0.147 e. The van der Waals surface area contributed by atoms with E-state index in [1.165, 1.54) is 51.0 Å². The summed E-state index contributed by atoms with van der Waals surface area (Å²) in [6, 6.07) is 19.0. The molecule has 0 spiro atoms. The van der Waals surface area contributed by atoms with Crippen molar-refractivity contribution in [3.63, 3.8) is 0 Å². The van der Waals surface area contributed by atoms with Crippen molar-refractivity contribution in [3.05, 3.63) is 66.4 Å². The monoisotopic (exact) mass is 415 g/mol. The molecule has 2 aliphatic rings. The van der Waals surface area contributed by atoms with Crippen LogP contribution in [0.25, 0.3) is 11.0 Å². The third-order valence-corrected chi connectivity index (χ3v) is 6.81. The zero-order valence-corrected chi connectivity index (χ0v) is 18.4. The Morgan fingerprint density at radius 1 is 0.806 bits per heavy atom. The normalized spacial score (nSPS) is 20.9. The molecule has 5 heteroatoms. The number of hydrogen-bond acceptors (Lipinski definition) is 5. The minimum Gasteiger partial charge on any atom is -0.353 e. The van der Waals surface area contributed by atoms with Crippen molar-refractivity contribution in [1.82, 2.24) is 19.8 Å². The number of piperidine rings is 1. The molecule has 31 heavy (non-hydrogen) atoms. The van der Waals surface area contributed by atoms with Crippen LogP contribution in [0.4, 0.5) is 5.82 Å². The molecule has 0 N–H and O–H groups in total. The van der Waals surface area contributed by atoms with Crippen molar-refractivity contribution in [2.45, 2.75) is 19.3 Å². The summed E-state index contributed by atoms with van der Waals surface area (Å²) < 4.78 is 0. The lowest BCUT2D eigenvalue weighted by molar-refractivity contribution is 0.130. The van der Waals surface area contributed by atoms with Gasteiger partial charge in [0.25, 0.3) is 0 Å². The summed E-state index contributed by atoms with van der Waals surface area (Å²) in [5.74, 6) is 1.82. The van der Waals surface area contributed by atoms with Crippen LogP contribution in [0, 0.1) is 5.92 Å². The van der Waals surface area contributed by atoms with Crippen LogP contribution in [0.1, 0.15) is 18.4 Å². The van der Waals surface area contributed by atoms with Gasteiger partial charge in [-0.15, -0.1) is 0 Å². The predicted molar refractivity (Wildman–Crippen MR) is 128 cm³/mol. The van der Waals surface area contributed by atoms with Gasteiger partial charge in [-0.25, -0.2) is 4.98 Å². The van der Waals surface area contributed by atoms with E-state index in [4.69, 9.17) is 4.98 Å². The molecule has 2 saturated heterocycles. The van der Waals surface area contributed by atoms with Crippen LogP contribution >= 0.6 is 0 Å². The highest BCUT2D eigenvalue weighted by Gasteiger charge is 2.25. The predicted octanol–water partition coefficient (Wildman–Crippen LogP) is 3.71. The van der Waals surface area contributed by atoms with E-state index in [0.717, 1.165) is 48.9 Å². The Hall–Kier alpha value is -2.50. The average molecular weight is 416 g/mol. The molecule has 3 aromatic rings. The van der Waals surface area contributed by atoms with Gasteiger partial charge in [-0.1, -0.05) is 42.5 Å². The molecule has 2 fully saturated rings. The first-order valence-corrected chi connectivity index (χ1v) is 11.8. The SMILES string of the molecule is c1ccc(CCN2CCCC(CN3CCN(c4cnc5ccccc5n4)CC3)C2)cc1. The third-order valence-electron chi connectivity index (χ3n) is 6.81. The maximum absolute atomic E-state index is 4.83. The Balaban J connectivity index is 1.10. The summed E-state index contributed by atoms with van der Waals surface area (Å²) in [5.41, 5.74) is 3.41. The second kappa shape index (κ2) is 9.75. The number of aromatic nitrogens is 2. The molecular formula is C26H33N5. The van der Waals surface area contributed by atoms with E-state index >= 15 is 0 Å². The Bertz CT molecular complexity index is 968. The molecule has 0 aliphatic carbocycles. The van der Waals surface area contributed by atoms with Crippen LogP contribution in [0.2, 0.25) is 0 Å². The molecule has 5 rings (SSSR count). The molecule has 2 aromatic carbocycles. The number of piperazine rings is 1. The van der Waals surface area contributed by atoms with Crippen molar-refractivity contribution >= 4 is 16.9 Å². The minimum atomic E-state index is 0.802. The maximum atomic E-state index is 4.83. The lowest BCUT2D eigenvalue weighted by atomic mass is 9.96. The molecule has 1 atom stereocenters. The lowest BCUT2D eigenvalue weighted by Crippen LogP contribution is -2.50. The van der Waals surface area contributed by atoms with Gasteiger partial charge in [0.1, 0.15) is 5.82 Å². The Morgan fingerprint density at radius 3 is 2.42 bits per heavy atom. The molecule has 5 nitrogen and oxygen atoms in total. The summed E-state index contributed by atoms with van der Waals surface area (Å²) in [6.07, 6.45) is 5.81. The number of anilines is 1. The van der Waals surface area contributed by atoms with E-state index < -0.39 is 0 Å². The highest BCUT2D eigenvalue weighted by atomic mass is 15.3. The van der Waals surface area contributed by atoms with Gasteiger partial charge in [0.15, 0.2) is 0 Å². The lowest BCUT2D eigenvalue weighted by Gasteiger charge is -2.39. The number of nitrogens with zero attached hydrogens (tertiary/aromatic N) is 5. The summed E-state index contributed by atoms with van der Waals surface area (Å²) >= 11 is 0. The van der Waals surface area contributed by atoms with Gasteiger partial charge in [0, 0.05) is 45.8 Å². The zero-order chi connectivity index (χ0) is 20.9. The van der Waals surface area contributed by atoms with Crippen LogP contribution in [0.15, 0.2) is 60.8 Å². The quantitative estimate of drug-likeness (QED) is 0.613. The molecule has 1 unspecified atom stereocenters. The van der Waals surface area contributed by atoms with Gasteiger partial charge in [-0.3, -0.25) is 9.88 Å². The van der Waals surface area contributed by atoms with Crippen molar-refractivity contribution < 1.29 is 0 Å². The number of hydrogen-bond donors (Lipinski definition) is 0. The third kappa shape index (κ3) is 5.23. The number of likely N-dealkylation sites (tertiary alicyclic amines) is 1. The second-order valence-electron chi connectivity index (χ2n) is 9.05. The minimum absolute atomic E-state index is 0.802. The molecule has 1 aromatic heterocycles. The highest BCUT2D eigenvalue weighted by Crippen LogP contribution is 2.21. The molecule has 0 bridgehead atoms. The Kier molecular flexibility index (Phi) is 6.42. The van der Waals surface area contributed by atoms with E-state index in [1.54, 1.807) is 0 Å². The van der Waals surface area contributed by atoms with Crippen molar-refractivity contribution in [1.29, 1.82) is 0 Å². The fourth-order valence-electron chi connectivity index (χ4n) is 5.06. The smallest absolute Gasteiger partial charge is 0.147 e. The van der Waals surface area contributed by atoms with Crippen LogP contribution in [0.5, 0.6) is 0 Å². The van der Waals surface area contributed by atoms with Gasteiger partial charge in [0.05, 0.1) is 17.2 Å². The number of para-hydroxylation sites is 2. The Labute approximate surface area is 185 Å². The van der Waals surface area contributed by atoms with Gasteiger partial charge in [-0.05, 0) is 49.4 Å². The van der Waals surface area contributed by atoms with Crippen molar-refractivity contribution in [3.8, 4) is 0 Å². The number of fused-ring (bicyclic) bond motifs is 1. The Morgan fingerprint density at radius 2 is 1.58 bits per heavy atom. The van der Waals surface area contributed by atoms with Crippen molar-refractivity contribution in [2.24, 2.45) is 5.92 Å². The zero-order valence-electron chi connectivity index (χ0n) is 18.4. The fraction of sp³-hybridized carbons (Fsp3) is 0.462. The van der Waals surface area contributed by atoms with E-state index in [1.807, 2.05) is 24.4 Å². The first-order chi connectivity index (χ1) is 15.3. The summed E-state index contributed by atoms with van der Waals surface area (Å²) in [7, 11) is 0. The highest BCUT2D eigenvalue weighted by molar-refractivity contribution is 5.75. The molecule has 0 radical (unpaired) electrons. The van der Waals surface area contributed by atoms with Crippen molar-refractivity contribution in [2.75, 3.05) is 57.3 Å². The fourth-order valence-corrected chi connectivity index (χ4v) is 5.06. The summed E-state index contributed by atoms with van der Waals surface area (Å²) in [6.45, 7) is 9.26. The summed E-state index contributed by atoms with van der Waals surface area (Å²) in [4.78, 5) is 17.2. The standard InChI is InChI=1S/C26H33N5/c1-2-7-22(8-3-1)12-14-29-13-6-9-23(20-29)21-30-15-17-31(18-16-30)26-19-27-24-10-4-5-11-25(24)28-26/h1-5,7-8,10-11,19,23H,6,9,12-18,20-21H2. The van der Waals surface area contributed by atoms with E-state index in [-0.39, 0.29) is 0 Å². The van der Waals surface area contributed by atoms with Crippen LogP contribution in [-0.2, 0) is 6.42 Å². The number of benzene rings is 2. The van der Waals surface area contributed by atoms with Crippen LogP contribution in [0.3, 0.4) is 0 Å². The average Bonchev–Trinajstić information content (AvgIpc) is 2.84. The summed E-state index contributed by atoms with van der Waals surface area (Å²) in [5, 5.41) is 0. The molecular weight excluding hydrogens is 382 g/mol. The van der Waals surface area contributed by atoms with E-state index in [0.29, 0.717) is 0 Å². The topological polar surface area (TPSA) is 35.5 Å². The van der Waals surface area contributed by atoms with E-state index in [2.05, 4.69) is 56.1 Å². The molecule has 3 heterocycles. The first kappa shape index (κ1) is 20.4. The second-order valence-corrected chi connectivity index (χ2v) is 9.05. The van der Waals surface area contributed by atoms with Gasteiger partial charge in [0.2, 0.25) is 0 Å². The first-order valence-electron chi connectivity index (χ1n) is 11.8. The molecule has 2 aliphatic heterocycles. The molecule has 162 valence electrons. The van der Waals surface area contributed by atoms with Gasteiger partial charge >= 0.3 is 0 Å². The van der Waals surface area contributed by atoms with Gasteiger partial charge < -0.3 is 9.80 Å². The van der Waals surface area contributed by atoms with Gasteiger partial charge in [-0.2, -0.15) is 0 Å². The molecule has 0 saturated carbocycles.